The van der Waals surface area contributed by atoms with Gasteiger partial charge in [-0.15, -0.1) is 0 Å². The summed E-state index contributed by atoms with van der Waals surface area (Å²) in [5, 5.41) is 2.16. The predicted molar refractivity (Wildman–Crippen MR) is 115 cm³/mol. The van der Waals surface area contributed by atoms with E-state index in [1.165, 1.54) is 12.3 Å². The Morgan fingerprint density at radius 3 is 2.45 bits per heavy atom. The van der Waals surface area contributed by atoms with E-state index in [0.717, 1.165) is 30.6 Å². The van der Waals surface area contributed by atoms with Gasteiger partial charge in [0.05, 0.1) is 22.2 Å². The minimum atomic E-state index is -4.86. The smallest absolute Gasteiger partial charge is 0.417 e. The maximum absolute atomic E-state index is 13.9. The lowest BCUT2D eigenvalue weighted by Gasteiger charge is -2.19. The van der Waals surface area contributed by atoms with Gasteiger partial charge >= 0.3 is 6.18 Å². The number of alkyl halides is 5. The molecule has 0 bridgehead atoms. The standard InChI is InChI=1S/C20H18F6N4O2S/c1-33(2,31)30-12-6-14(20(24,25)26)18-16(7-12)27-10-28-19(18)29-15-4-3-11(23)5-17(15)32-13(8-21)9-22/h3-7,10,13H,1,8-9H2,2H3,(H,30,31)(H,27,28,29). The van der Waals surface area contributed by atoms with E-state index in [9.17, 15) is 30.6 Å². The van der Waals surface area contributed by atoms with Crippen LogP contribution < -0.4 is 14.8 Å². The summed E-state index contributed by atoms with van der Waals surface area (Å²) in [7, 11) is -2.88. The van der Waals surface area contributed by atoms with E-state index in [-0.39, 0.29) is 28.5 Å². The molecule has 0 spiro atoms. The van der Waals surface area contributed by atoms with Gasteiger partial charge in [0, 0.05) is 27.7 Å². The first-order chi connectivity index (χ1) is 15.4. The van der Waals surface area contributed by atoms with Crippen molar-refractivity contribution in [1.29, 1.82) is 0 Å². The first-order valence-electron chi connectivity index (χ1n) is 9.22. The molecular weight excluding hydrogens is 474 g/mol. The minimum Gasteiger partial charge on any atom is -0.483 e. The van der Waals surface area contributed by atoms with Gasteiger partial charge in [-0.25, -0.2) is 27.3 Å². The highest BCUT2D eigenvalue weighted by atomic mass is 32.2. The molecule has 1 unspecified atom stereocenters. The van der Waals surface area contributed by atoms with Crippen LogP contribution in [-0.2, 0) is 15.9 Å². The van der Waals surface area contributed by atoms with Crippen molar-refractivity contribution in [2.75, 3.05) is 29.6 Å². The molecule has 3 rings (SSSR count). The molecule has 0 amide bonds. The number of benzene rings is 2. The average molecular weight is 492 g/mol. The van der Waals surface area contributed by atoms with Crippen molar-refractivity contribution in [2.24, 2.45) is 0 Å². The number of hydrogen-bond donors (Lipinski definition) is 2. The summed E-state index contributed by atoms with van der Waals surface area (Å²) in [6.45, 7) is -2.41. The molecule has 1 heterocycles. The molecule has 0 aliphatic rings. The molecule has 0 saturated carbocycles. The Bertz CT molecular complexity index is 1260. The largest absolute Gasteiger partial charge is 0.483 e. The second kappa shape index (κ2) is 9.33. The van der Waals surface area contributed by atoms with Crippen LogP contribution in [0.25, 0.3) is 10.9 Å². The molecule has 2 aromatic carbocycles. The number of nitrogens with zero attached hydrogens (tertiary/aromatic N) is 2. The molecule has 0 fully saturated rings. The van der Waals surface area contributed by atoms with Gasteiger partial charge < -0.3 is 14.8 Å². The first-order valence-corrected chi connectivity index (χ1v) is 11.4. The molecule has 33 heavy (non-hydrogen) atoms. The molecule has 178 valence electrons. The normalized spacial score (nSPS) is 13.7. The van der Waals surface area contributed by atoms with E-state index < -0.39 is 52.1 Å². The number of rotatable bonds is 8. The molecule has 3 aromatic rings. The number of anilines is 3. The second-order valence-corrected chi connectivity index (χ2v) is 9.27. The molecule has 1 aromatic heterocycles. The van der Waals surface area contributed by atoms with Crippen LogP contribution in [0.5, 0.6) is 5.75 Å². The van der Waals surface area contributed by atoms with E-state index >= 15 is 0 Å². The lowest BCUT2D eigenvalue weighted by molar-refractivity contribution is -0.136. The van der Waals surface area contributed by atoms with Crippen LogP contribution in [0, 0.1) is 5.82 Å². The zero-order valence-electron chi connectivity index (χ0n) is 17.0. The molecule has 0 aliphatic carbocycles. The molecular formula is C20H18F6N4O2S. The van der Waals surface area contributed by atoms with Crippen molar-refractivity contribution < 1.29 is 35.3 Å². The third kappa shape index (κ3) is 5.97. The van der Waals surface area contributed by atoms with Crippen LogP contribution >= 0.6 is 0 Å². The second-order valence-electron chi connectivity index (χ2n) is 7.06. The summed E-state index contributed by atoms with van der Waals surface area (Å²) in [5.41, 5.74) is -1.50. The summed E-state index contributed by atoms with van der Waals surface area (Å²) >= 11 is 0. The molecule has 1 atom stereocenters. The van der Waals surface area contributed by atoms with Crippen molar-refractivity contribution in [1.82, 2.24) is 9.97 Å². The average Bonchev–Trinajstić information content (AvgIpc) is 2.71. The highest BCUT2D eigenvalue weighted by molar-refractivity contribution is 8.00. The summed E-state index contributed by atoms with van der Waals surface area (Å²) in [6, 6.07) is 4.91. The Kier molecular flexibility index (Phi) is 6.91. The molecule has 13 heteroatoms. The first kappa shape index (κ1) is 24.4. The van der Waals surface area contributed by atoms with Crippen molar-refractivity contribution in [3.63, 3.8) is 0 Å². The van der Waals surface area contributed by atoms with E-state index in [0.29, 0.717) is 0 Å². The zero-order valence-corrected chi connectivity index (χ0v) is 17.9. The Morgan fingerprint density at radius 2 is 1.85 bits per heavy atom. The van der Waals surface area contributed by atoms with Gasteiger partial charge in [-0.2, -0.15) is 13.2 Å². The van der Waals surface area contributed by atoms with E-state index in [2.05, 4.69) is 25.9 Å². The summed E-state index contributed by atoms with van der Waals surface area (Å²) in [4.78, 5) is 7.72. The highest BCUT2D eigenvalue weighted by Crippen LogP contribution is 2.40. The van der Waals surface area contributed by atoms with Gasteiger partial charge in [-0.05, 0) is 30.1 Å². The van der Waals surface area contributed by atoms with Crippen LogP contribution in [0.4, 0.5) is 43.5 Å². The van der Waals surface area contributed by atoms with Gasteiger partial charge in [-0.3, -0.25) is 0 Å². The minimum absolute atomic E-state index is 0.0760. The van der Waals surface area contributed by atoms with E-state index in [1.807, 2.05) is 0 Å². The Labute approximate surface area is 185 Å². The van der Waals surface area contributed by atoms with Gasteiger partial charge in [0.2, 0.25) is 0 Å². The maximum atomic E-state index is 13.9. The molecule has 2 N–H and O–H groups in total. The molecule has 6 nitrogen and oxygen atoms in total. The van der Waals surface area contributed by atoms with Crippen LogP contribution in [0.1, 0.15) is 5.56 Å². The summed E-state index contributed by atoms with van der Waals surface area (Å²) < 4.78 is 101. The Morgan fingerprint density at radius 1 is 1.15 bits per heavy atom. The lowest BCUT2D eigenvalue weighted by atomic mass is 10.1. The fourth-order valence-electron chi connectivity index (χ4n) is 2.93. The number of nitrogens with one attached hydrogen (secondary N) is 2. The SMILES string of the molecule is C=S(C)(=O)Nc1cc(C(F)(F)F)c2c(Nc3ccc(F)cc3OC(CF)CF)ncnc2c1. The van der Waals surface area contributed by atoms with Crippen molar-refractivity contribution in [3.05, 3.63) is 48.0 Å². The van der Waals surface area contributed by atoms with Crippen molar-refractivity contribution in [3.8, 4) is 5.75 Å². The van der Waals surface area contributed by atoms with Crippen LogP contribution in [0.15, 0.2) is 36.7 Å². The van der Waals surface area contributed by atoms with Crippen molar-refractivity contribution in [2.45, 2.75) is 12.3 Å². The van der Waals surface area contributed by atoms with Gasteiger partial charge in [0.1, 0.15) is 37.1 Å². The van der Waals surface area contributed by atoms with Crippen LogP contribution in [0.2, 0.25) is 0 Å². The fourth-order valence-corrected chi connectivity index (χ4v) is 3.54. The van der Waals surface area contributed by atoms with Gasteiger partial charge in [-0.1, -0.05) is 0 Å². The number of fused-ring (bicyclic) bond motifs is 1. The molecule has 0 saturated heterocycles. The predicted octanol–water partition coefficient (Wildman–Crippen LogP) is 4.89. The third-order valence-corrected chi connectivity index (χ3v) is 4.88. The fraction of sp³-hybridized carbons (Fsp3) is 0.250. The zero-order chi connectivity index (χ0) is 24.4. The van der Waals surface area contributed by atoms with Gasteiger partial charge in [0.15, 0.2) is 6.10 Å². The summed E-state index contributed by atoms with van der Waals surface area (Å²) in [6.07, 6.45) is -4.18. The summed E-state index contributed by atoms with van der Waals surface area (Å²) in [5.74, 6) is 1.93. The van der Waals surface area contributed by atoms with E-state index in [4.69, 9.17) is 4.74 Å². The number of hydrogen-bond acceptors (Lipinski definition) is 5. The molecule has 0 radical (unpaired) electrons. The lowest BCUT2D eigenvalue weighted by Crippen LogP contribution is -2.21. The van der Waals surface area contributed by atoms with Crippen molar-refractivity contribution >= 4 is 43.7 Å². The number of aromatic nitrogens is 2. The molecule has 0 aliphatic heterocycles. The topological polar surface area (TPSA) is 76.1 Å². The Balaban J connectivity index is 2.15. The third-order valence-electron chi connectivity index (χ3n) is 4.21. The van der Waals surface area contributed by atoms with Crippen LogP contribution in [-0.4, -0.2) is 45.8 Å². The van der Waals surface area contributed by atoms with E-state index in [1.54, 1.807) is 0 Å². The van der Waals surface area contributed by atoms with Crippen LogP contribution in [0.3, 0.4) is 0 Å². The highest BCUT2D eigenvalue weighted by Gasteiger charge is 2.35. The Hall–Kier alpha value is -3.22. The monoisotopic (exact) mass is 492 g/mol. The number of ether oxygens (including phenoxy) is 1. The maximum Gasteiger partial charge on any atom is 0.417 e. The quantitative estimate of drug-likeness (QED) is 0.346. The van der Waals surface area contributed by atoms with Gasteiger partial charge in [0.25, 0.3) is 0 Å². The number of halogens is 6.